The second kappa shape index (κ2) is 5.93. The van der Waals surface area contributed by atoms with Crippen LogP contribution in [0.4, 0.5) is 5.82 Å². The maximum absolute atomic E-state index is 12.8. The molecule has 0 aliphatic heterocycles. The predicted molar refractivity (Wildman–Crippen MR) is 89.8 cm³/mol. The molecule has 3 atom stereocenters. The van der Waals surface area contributed by atoms with Gasteiger partial charge in [0.15, 0.2) is 0 Å². The third-order valence-corrected chi connectivity index (χ3v) is 6.40. The van der Waals surface area contributed by atoms with E-state index in [9.17, 15) is 4.79 Å². The van der Waals surface area contributed by atoms with Gasteiger partial charge >= 0.3 is 0 Å². The molecule has 0 saturated heterocycles. The monoisotopic (exact) mass is 316 g/mol. The number of anilines is 1. The van der Waals surface area contributed by atoms with Crippen molar-refractivity contribution in [3.05, 3.63) is 12.3 Å². The Morgan fingerprint density at radius 3 is 2.65 bits per heavy atom. The first-order chi connectivity index (χ1) is 11.1. The number of amides is 1. The smallest absolute Gasteiger partial charge is 0.228 e. The molecule has 3 unspecified atom stereocenters. The average molecular weight is 316 g/mol. The second-order valence-corrected chi connectivity index (χ2v) is 7.93. The molecule has 2 bridgehead atoms. The van der Waals surface area contributed by atoms with Crippen molar-refractivity contribution >= 4 is 11.7 Å². The number of carbonyl (C=O) groups excluding carboxylic acids is 1. The molecule has 0 radical (unpaired) electrons. The summed E-state index contributed by atoms with van der Waals surface area (Å²) in [5.41, 5.74) is 6.34. The van der Waals surface area contributed by atoms with Crippen molar-refractivity contribution in [2.24, 2.45) is 29.4 Å². The number of hydrogen-bond donors (Lipinski definition) is 2. The highest BCUT2D eigenvalue weighted by Gasteiger charge is 2.40. The Bertz CT molecular complexity index is 565. The van der Waals surface area contributed by atoms with Crippen LogP contribution in [0.15, 0.2) is 12.3 Å². The van der Waals surface area contributed by atoms with Crippen molar-refractivity contribution in [2.45, 2.75) is 64.0 Å². The fourth-order valence-corrected chi connectivity index (χ4v) is 4.75. The normalized spacial score (nSPS) is 34.9. The zero-order chi connectivity index (χ0) is 16.0. The SMILES string of the molecule is CC(C1CC1)n1nccc1NC(=O)C1CC2CCCC(C1)C2N. The highest BCUT2D eigenvalue weighted by molar-refractivity contribution is 5.91. The Morgan fingerprint density at radius 2 is 2.00 bits per heavy atom. The molecule has 3 N–H and O–H groups in total. The summed E-state index contributed by atoms with van der Waals surface area (Å²) < 4.78 is 1.99. The van der Waals surface area contributed by atoms with Gasteiger partial charge in [0.05, 0.1) is 12.2 Å². The van der Waals surface area contributed by atoms with Crippen LogP contribution < -0.4 is 11.1 Å². The van der Waals surface area contributed by atoms with Crippen LogP contribution in [0.3, 0.4) is 0 Å². The minimum atomic E-state index is 0.115. The van der Waals surface area contributed by atoms with Gasteiger partial charge in [-0.25, -0.2) is 4.68 Å². The summed E-state index contributed by atoms with van der Waals surface area (Å²) in [5, 5.41) is 7.58. The van der Waals surface area contributed by atoms with Gasteiger partial charge in [0, 0.05) is 18.0 Å². The number of nitrogens with zero attached hydrogens (tertiary/aromatic N) is 2. The molecule has 126 valence electrons. The Kier molecular flexibility index (Phi) is 3.92. The lowest BCUT2D eigenvalue weighted by molar-refractivity contribution is -0.122. The first-order valence-corrected chi connectivity index (χ1v) is 9.23. The van der Waals surface area contributed by atoms with Gasteiger partial charge in [-0.15, -0.1) is 0 Å². The number of nitrogens with one attached hydrogen (secondary N) is 1. The topological polar surface area (TPSA) is 72.9 Å². The molecule has 1 aromatic rings. The van der Waals surface area contributed by atoms with Crippen LogP contribution in [-0.2, 0) is 4.79 Å². The van der Waals surface area contributed by atoms with E-state index in [1.54, 1.807) is 6.20 Å². The zero-order valence-electron chi connectivity index (χ0n) is 13.9. The highest BCUT2D eigenvalue weighted by Crippen LogP contribution is 2.43. The van der Waals surface area contributed by atoms with Crippen LogP contribution in [0.5, 0.6) is 0 Å². The lowest BCUT2D eigenvalue weighted by Crippen LogP contribution is -2.48. The van der Waals surface area contributed by atoms with E-state index >= 15 is 0 Å². The molecule has 1 amide bonds. The van der Waals surface area contributed by atoms with Gasteiger partial charge in [0.2, 0.25) is 5.91 Å². The molecule has 1 aromatic heterocycles. The van der Waals surface area contributed by atoms with Crippen LogP contribution in [0.1, 0.15) is 57.9 Å². The predicted octanol–water partition coefficient (Wildman–Crippen LogP) is 2.95. The van der Waals surface area contributed by atoms with Crippen molar-refractivity contribution in [1.82, 2.24) is 9.78 Å². The van der Waals surface area contributed by atoms with Crippen LogP contribution in [0.2, 0.25) is 0 Å². The van der Waals surface area contributed by atoms with Crippen molar-refractivity contribution in [2.75, 3.05) is 5.32 Å². The maximum atomic E-state index is 12.8. The lowest BCUT2D eigenvalue weighted by Gasteiger charge is -2.43. The number of hydrogen-bond acceptors (Lipinski definition) is 3. The van der Waals surface area contributed by atoms with E-state index in [1.165, 1.54) is 32.1 Å². The number of nitrogens with two attached hydrogens (primary N) is 1. The Balaban J connectivity index is 1.43. The number of rotatable bonds is 4. The molecule has 3 fully saturated rings. The standard InChI is InChI=1S/C18H28N4O/c1-11(12-5-6-12)22-16(7-8-20-22)21-18(23)15-9-13-3-2-4-14(10-15)17(13)19/h7-8,11-15,17H,2-6,9-10,19H2,1H3,(H,21,23). The Morgan fingerprint density at radius 1 is 1.30 bits per heavy atom. The largest absolute Gasteiger partial charge is 0.327 e. The van der Waals surface area contributed by atoms with E-state index in [0.717, 1.165) is 24.6 Å². The maximum Gasteiger partial charge on any atom is 0.228 e. The minimum Gasteiger partial charge on any atom is -0.327 e. The molecule has 5 heteroatoms. The third-order valence-electron chi connectivity index (χ3n) is 6.40. The average Bonchev–Trinajstić information content (AvgIpc) is 3.26. The van der Waals surface area contributed by atoms with Gasteiger partial charge < -0.3 is 11.1 Å². The van der Waals surface area contributed by atoms with Crippen molar-refractivity contribution in [1.29, 1.82) is 0 Å². The summed E-state index contributed by atoms with van der Waals surface area (Å²) in [6.45, 7) is 2.20. The fourth-order valence-electron chi connectivity index (χ4n) is 4.75. The van der Waals surface area contributed by atoms with Gasteiger partial charge in [-0.3, -0.25) is 4.79 Å². The molecule has 3 aliphatic rings. The van der Waals surface area contributed by atoms with Crippen LogP contribution >= 0.6 is 0 Å². The first-order valence-electron chi connectivity index (χ1n) is 9.23. The zero-order valence-corrected chi connectivity index (χ0v) is 13.9. The van der Waals surface area contributed by atoms with Crippen molar-refractivity contribution in [3.63, 3.8) is 0 Å². The Labute approximate surface area is 138 Å². The number of aromatic nitrogens is 2. The number of carbonyl (C=O) groups is 1. The summed E-state index contributed by atoms with van der Waals surface area (Å²) in [6, 6.07) is 2.61. The van der Waals surface area contributed by atoms with Gasteiger partial charge in [0.1, 0.15) is 5.82 Å². The summed E-state index contributed by atoms with van der Waals surface area (Å²) >= 11 is 0. The van der Waals surface area contributed by atoms with E-state index in [2.05, 4.69) is 17.3 Å². The molecule has 1 heterocycles. The summed E-state index contributed by atoms with van der Waals surface area (Å²) in [5.74, 6) is 2.93. The molecule has 5 nitrogen and oxygen atoms in total. The van der Waals surface area contributed by atoms with E-state index in [1.807, 2.05) is 10.7 Å². The molecule has 3 saturated carbocycles. The van der Waals surface area contributed by atoms with Gasteiger partial charge in [-0.05, 0) is 63.2 Å². The highest BCUT2D eigenvalue weighted by atomic mass is 16.2. The lowest BCUT2D eigenvalue weighted by atomic mass is 9.65. The molecular formula is C18H28N4O. The molecule has 4 rings (SSSR count). The summed E-state index contributed by atoms with van der Waals surface area (Å²) in [7, 11) is 0. The molecular weight excluding hydrogens is 288 g/mol. The fraction of sp³-hybridized carbons (Fsp3) is 0.778. The minimum absolute atomic E-state index is 0.115. The van der Waals surface area contributed by atoms with E-state index < -0.39 is 0 Å². The van der Waals surface area contributed by atoms with Gasteiger partial charge in [0.25, 0.3) is 0 Å². The van der Waals surface area contributed by atoms with Crippen LogP contribution in [-0.4, -0.2) is 21.7 Å². The summed E-state index contributed by atoms with van der Waals surface area (Å²) in [6.07, 6.45) is 9.92. The van der Waals surface area contributed by atoms with E-state index in [0.29, 0.717) is 23.9 Å². The van der Waals surface area contributed by atoms with Gasteiger partial charge in [-0.1, -0.05) is 6.42 Å². The number of fused-ring (bicyclic) bond motifs is 2. The van der Waals surface area contributed by atoms with Gasteiger partial charge in [-0.2, -0.15) is 5.10 Å². The second-order valence-electron chi connectivity index (χ2n) is 7.93. The molecule has 0 spiro atoms. The van der Waals surface area contributed by atoms with Crippen molar-refractivity contribution < 1.29 is 4.79 Å². The Hall–Kier alpha value is -1.36. The molecule has 23 heavy (non-hydrogen) atoms. The van der Waals surface area contributed by atoms with Crippen LogP contribution in [0, 0.1) is 23.7 Å². The molecule has 3 aliphatic carbocycles. The summed E-state index contributed by atoms with van der Waals surface area (Å²) in [4.78, 5) is 12.8. The van der Waals surface area contributed by atoms with E-state index in [-0.39, 0.29) is 11.8 Å². The quantitative estimate of drug-likeness (QED) is 0.897. The molecule has 0 aromatic carbocycles. The third kappa shape index (κ3) is 2.91. The first kappa shape index (κ1) is 15.2. The van der Waals surface area contributed by atoms with Crippen LogP contribution in [0.25, 0.3) is 0 Å². The van der Waals surface area contributed by atoms with E-state index in [4.69, 9.17) is 5.73 Å². The van der Waals surface area contributed by atoms with Crippen molar-refractivity contribution in [3.8, 4) is 0 Å².